The molecule has 0 amide bonds. The Labute approximate surface area is 135 Å². The third kappa shape index (κ3) is 3.27. The van der Waals surface area contributed by atoms with Crippen LogP contribution in [0.3, 0.4) is 0 Å². The van der Waals surface area contributed by atoms with Gasteiger partial charge in [-0.25, -0.2) is 0 Å². The van der Waals surface area contributed by atoms with Crippen LogP contribution in [0.2, 0.25) is 0 Å². The number of nitrogens with one attached hydrogen (secondary N) is 1. The van der Waals surface area contributed by atoms with E-state index < -0.39 is 0 Å². The lowest BCUT2D eigenvalue weighted by molar-refractivity contribution is 0.126. The summed E-state index contributed by atoms with van der Waals surface area (Å²) < 4.78 is 1.18. The number of aliphatic hydroxyl groups excluding tert-OH is 1. The van der Waals surface area contributed by atoms with Crippen LogP contribution in [-0.2, 0) is 6.54 Å². The van der Waals surface area contributed by atoms with Gasteiger partial charge in [-0.1, -0.05) is 35.8 Å². The summed E-state index contributed by atoms with van der Waals surface area (Å²) in [6.45, 7) is 5.22. The van der Waals surface area contributed by atoms with Crippen LogP contribution in [0.25, 0.3) is 0 Å². The number of piperidine rings is 1. The maximum atomic E-state index is 9.93. The first kappa shape index (κ1) is 15.3. The summed E-state index contributed by atoms with van der Waals surface area (Å²) in [5, 5.41) is 13.4. The second-order valence-corrected chi connectivity index (χ2v) is 7.58. The van der Waals surface area contributed by atoms with E-state index >= 15 is 0 Å². The Kier molecular flexibility index (Phi) is 4.57. The lowest BCUT2D eigenvalue weighted by atomic mass is 9.99. The van der Waals surface area contributed by atoms with Gasteiger partial charge in [0.05, 0.1) is 6.10 Å². The van der Waals surface area contributed by atoms with Gasteiger partial charge in [-0.15, -0.1) is 0 Å². The molecule has 3 rings (SSSR count). The highest BCUT2D eigenvalue weighted by molar-refractivity contribution is 9.10. The lowest BCUT2D eigenvalue weighted by Crippen LogP contribution is -2.44. The van der Waals surface area contributed by atoms with E-state index in [0.717, 1.165) is 19.4 Å². The maximum absolute atomic E-state index is 9.93. The average molecular weight is 353 g/mol. The topological polar surface area (TPSA) is 35.5 Å². The predicted octanol–water partition coefficient (Wildman–Crippen LogP) is 3.44. The highest BCUT2D eigenvalue weighted by Gasteiger charge is 2.40. The Bertz CT molecular complexity index is 492. The van der Waals surface area contributed by atoms with Gasteiger partial charge in [-0.3, -0.25) is 0 Å². The fraction of sp³-hybridized carbons (Fsp3) is 0.647. The number of hydrogen-bond donors (Lipinski definition) is 2. The van der Waals surface area contributed by atoms with Gasteiger partial charge in [-0.05, 0) is 43.4 Å². The van der Waals surface area contributed by atoms with Gasteiger partial charge in [0.15, 0.2) is 0 Å². The minimum absolute atomic E-state index is 0.100. The molecule has 0 radical (unpaired) electrons. The molecule has 2 aliphatic heterocycles. The van der Waals surface area contributed by atoms with Crippen molar-refractivity contribution in [3.63, 3.8) is 0 Å². The highest BCUT2D eigenvalue weighted by atomic mass is 79.9. The number of aliphatic hydroxyl groups is 1. The average Bonchev–Trinajstić information content (AvgIpc) is 2.69. The molecule has 0 aromatic heterocycles. The molecule has 3 nitrogen and oxygen atoms in total. The largest absolute Gasteiger partial charge is 0.393 e. The molecule has 2 bridgehead atoms. The number of rotatable bonds is 4. The number of fused-ring (bicyclic) bond motifs is 2. The van der Waals surface area contributed by atoms with Crippen LogP contribution in [0, 0.1) is 0 Å². The molecule has 2 atom stereocenters. The van der Waals surface area contributed by atoms with Crippen molar-refractivity contribution >= 4 is 21.6 Å². The molecule has 1 aromatic rings. The van der Waals surface area contributed by atoms with Crippen LogP contribution in [0.15, 0.2) is 22.7 Å². The molecule has 4 heteroatoms. The van der Waals surface area contributed by atoms with Crippen molar-refractivity contribution in [3.05, 3.63) is 28.2 Å². The van der Waals surface area contributed by atoms with Gasteiger partial charge in [0, 0.05) is 34.8 Å². The first-order valence-electron chi connectivity index (χ1n) is 8.03. The number of anilines is 1. The summed E-state index contributed by atoms with van der Waals surface area (Å²) in [7, 11) is 0. The van der Waals surface area contributed by atoms with E-state index in [1.54, 1.807) is 0 Å². The zero-order chi connectivity index (χ0) is 15.0. The molecular weight excluding hydrogens is 328 g/mol. The normalized spacial score (nSPS) is 28.4. The van der Waals surface area contributed by atoms with Gasteiger partial charge >= 0.3 is 0 Å². The first-order chi connectivity index (χ1) is 10.0. The molecule has 1 aromatic carbocycles. The zero-order valence-corrected chi connectivity index (χ0v) is 14.4. The van der Waals surface area contributed by atoms with Crippen LogP contribution < -0.4 is 10.2 Å². The summed E-state index contributed by atoms with van der Waals surface area (Å²) in [5.74, 6) is 0. The summed E-state index contributed by atoms with van der Waals surface area (Å²) >= 11 is 3.72. The van der Waals surface area contributed by atoms with Gasteiger partial charge in [0.1, 0.15) is 0 Å². The Morgan fingerprint density at radius 3 is 2.52 bits per heavy atom. The summed E-state index contributed by atoms with van der Waals surface area (Å²) in [6, 6.07) is 8.25. The van der Waals surface area contributed by atoms with Crippen molar-refractivity contribution in [1.82, 2.24) is 5.32 Å². The van der Waals surface area contributed by atoms with E-state index in [0.29, 0.717) is 18.1 Å². The molecule has 2 heterocycles. The minimum Gasteiger partial charge on any atom is -0.393 e. The van der Waals surface area contributed by atoms with Crippen molar-refractivity contribution in [2.75, 3.05) is 4.90 Å². The summed E-state index contributed by atoms with van der Waals surface area (Å²) in [5.41, 5.74) is 2.60. The number of hydrogen-bond acceptors (Lipinski definition) is 3. The van der Waals surface area contributed by atoms with Crippen LogP contribution in [-0.4, -0.2) is 29.3 Å². The fourth-order valence-electron chi connectivity index (χ4n) is 3.72. The third-order valence-corrected chi connectivity index (χ3v) is 5.48. The molecule has 2 saturated heterocycles. The SMILES string of the molecule is CC(C)NCc1ccc(N2C3CCC2CC(O)C3)cc1Br. The molecule has 0 saturated carbocycles. The van der Waals surface area contributed by atoms with Crippen molar-refractivity contribution in [2.45, 2.75) is 70.3 Å². The minimum atomic E-state index is -0.100. The molecule has 2 fully saturated rings. The Balaban J connectivity index is 1.76. The van der Waals surface area contributed by atoms with Gasteiger partial charge in [0.2, 0.25) is 0 Å². The van der Waals surface area contributed by atoms with Crippen molar-refractivity contribution in [3.8, 4) is 0 Å². The van der Waals surface area contributed by atoms with Gasteiger partial charge < -0.3 is 15.3 Å². The quantitative estimate of drug-likeness (QED) is 0.871. The number of benzene rings is 1. The molecule has 0 spiro atoms. The van der Waals surface area contributed by atoms with E-state index in [1.807, 2.05) is 0 Å². The van der Waals surface area contributed by atoms with Crippen molar-refractivity contribution in [1.29, 1.82) is 0 Å². The summed E-state index contributed by atoms with van der Waals surface area (Å²) in [6.07, 6.45) is 4.18. The van der Waals surface area contributed by atoms with Crippen LogP contribution in [0.1, 0.15) is 45.1 Å². The fourth-order valence-corrected chi connectivity index (χ4v) is 4.23. The number of halogens is 1. The lowest BCUT2D eigenvalue weighted by Gasteiger charge is -2.39. The monoisotopic (exact) mass is 352 g/mol. The van der Waals surface area contributed by atoms with E-state index in [4.69, 9.17) is 0 Å². The maximum Gasteiger partial charge on any atom is 0.0579 e. The van der Waals surface area contributed by atoms with Gasteiger partial charge in [0.25, 0.3) is 0 Å². The molecule has 2 unspecified atom stereocenters. The first-order valence-corrected chi connectivity index (χ1v) is 8.82. The van der Waals surface area contributed by atoms with Crippen molar-refractivity contribution < 1.29 is 5.11 Å². The molecule has 0 aliphatic carbocycles. The summed E-state index contributed by atoms with van der Waals surface area (Å²) in [4.78, 5) is 2.54. The highest BCUT2D eigenvalue weighted by Crippen LogP contribution is 2.40. The molecule has 2 N–H and O–H groups in total. The predicted molar refractivity (Wildman–Crippen MR) is 90.6 cm³/mol. The Morgan fingerprint density at radius 1 is 1.29 bits per heavy atom. The third-order valence-electron chi connectivity index (χ3n) is 4.74. The van der Waals surface area contributed by atoms with Crippen molar-refractivity contribution in [2.24, 2.45) is 0 Å². The Morgan fingerprint density at radius 2 is 1.95 bits per heavy atom. The molecule has 2 aliphatic rings. The van der Waals surface area contributed by atoms with E-state index in [-0.39, 0.29) is 6.10 Å². The van der Waals surface area contributed by atoms with E-state index in [9.17, 15) is 5.11 Å². The Hall–Kier alpha value is -0.580. The standard InChI is InChI=1S/C17H25BrN2O/c1-11(2)19-10-12-3-4-15(9-17(12)18)20-13-5-6-14(20)8-16(21)7-13/h3-4,9,11,13-14,16,19,21H,5-8,10H2,1-2H3. The van der Waals surface area contributed by atoms with E-state index in [2.05, 4.69) is 58.2 Å². The van der Waals surface area contributed by atoms with Crippen LogP contribution >= 0.6 is 15.9 Å². The zero-order valence-electron chi connectivity index (χ0n) is 12.8. The second-order valence-electron chi connectivity index (χ2n) is 6.73. The molecular formula is C17H25BrN2O. The molecule has 116 valence electrons. The smallest absolute Gasteiger partial charge is 0.0579 e. The number of nitrogens with zero attached hydrogens (tertiary/aromatic N) is 1. The van der Waals surface area contributed by atoms with Gasteiger partial charge in [-0.2, -0.15) is 0 Å². The molecule has 21 heavy (non-hydrogen) atoms. The van der Waals surface area contributed by atoms with E-state index in [1.165, 1.54) is 28.6 Å². The second kappa shape index (κ2) is 6.27. The van der Waals surface area contributed by atoms with Crippen LogP contribution in [0.5, 0.6) is 0 Å². The van der Waals surface area contributed by atoms with Crippen LogP contribution in [0.4, 0.5) is 5.69 Å².